The third-order valence-corrected chi connectivity index (χ3v) is 9.35. The van der Waals surface area contributed by atoms with Crippen molar-refractivity contribution in [3.63, 3.8) is 0 Å². The van der Waals surface area contributed by atoms with Gasteiger partial charge in [-0.2, -0.15) is 0 Å². The minimum atomic E-state index is -2.73. The SMILES string of the molecule is CN(C)[C@H]1C(O)C(C(N)=O)C(=O)[C@]2(O)C(=O)C3=C(O)c4c(O)c(C(C)(C)C)cc(CNC(=O)c5cccnc5)c4C[C@@H]3C[C@H]12. The van der Waals surface area contributed by atoms with Gasteiger partial charge < -0.3 is 36.4 Å². The highest BCUT2D eigenvalue weighted by Gasteiger charge is 2.67. The Bertz CT molecular complexity index is 1600. The van der Waals surface area contributed by atoms with Gasteiger partial charge in [0.05, 0.1) is 17.2 Å². The van der Waals surface area contributed by atoms with Crippen molar-refractivity contribution < 1.29 is 39.6 Å². The number of benzene rings is 1. The molecule has 2 unspecified atom stereocenters. The Morgan fingerprint density at radius 2 is 1.89 bits per heavy atom. The molecule has 234 valence electrons. The number of nitrogens with two attached hydrogens (primary N) is 1. The van der Waals surface area contributed by atoms with E-state index in [4.69, 9.17) is 5.73 Å². The third-order valence-electron chi connectivity index (χ3n) is 9.35. The molecular weight excluding hydrogens is 568 g/mol. The lowest BCUT2D eigenvalue weighted by Gasteiger charge is -2.53. The molecule has 1 aromatic carbocycles. The molecule has 12 nitrogen and oxygen atoms in total. The number of aliphatic hydroxyl groups excluding tert-OH is 2. The van der Waals surface area contributed by atoms with Crippen LogP contribution in [0.15, 0.2) is 36.2 Å². The van der Waals surface area contributed by atoms with Crippen molar-refractivity contribution in [3.05, 3.63) is 64.0 Å². The second kappa shape index (κ2) is 10.8. The monoisotopic (exact) mass is 606 g/mol. The number of pyridine rings is 1. The van der Waals surface area contributed by atoms with Gasteiger partial charge >= 0.3 is 0 Å². The van der Waals surface area contributed by atoms with Crippen molar-refractivity contribution in [1.82, 2.24) is 15.2 Å². The molecule has 0 bridgehead atoms. The van der Waals surface area contributed by atoms with E-state index in [9.17, 15) is 39.6 Å². The molecular formula is C32H38N4O8. The number of aliphatic hydroxyl groups is 3. The summed E-state index contributed by atoms with van der Waals surface area (Å²) >= 11 is 0. The molecule has 2 aromatic rings. The van der Waals surface area contributed by atoms with Gasteiger partial charge in [0.1, 0.15) is 17.4 Å². The Balaban J connectivity index is 1.66. The number of aromatic hydroxyl groups is 1. The van der Waals surface area contributed by atoms with Gasteiger partial charge in [0.2, 0.25) is 11.7 Å². The number of primary amides is 1. The van der Waals surface area contributed by atoms with E-state index >= 15 is 0 Å². The van der Waals surface area contributed by atoms with Gasteiger partial charge in [0.25, 0.3) is 5.91 Å². The Labute approximate surface area is 254 Å². The van der Waals surface area contributed by atoms with Gasteiger partial charge in [0.15, 0.2) is 11.4 Å². The number of hydrogen-bond donors (Lipinski definition) is 6. The van der Waals surface area contributed by atoms with Gasteiger partial charge in [0, 0.05) is 42.0 Å². The minimum absolute atomic E-state index is 0.00146. The molecule has 0 saturated heterocycles. The molecule has 2 fully saturated rings. The van der Waals surface area contributed by atoms with E-state index < -0.39 is 64.1 Å². The summed E-state index contributed by atoms with van der Waals surface area (Å²) in [4.78, 5) is 58.4. The molecule has 0 radical (unpaired) electrons. The van der Waals surface area contributed by atoms with Gasteiger partial charge in [-0.05, 0) is 67.6 Å². The summed E-state index contributed by atoms with van der Waals surface area (Å²) in [5.74, 6) is -8.33. The largest absolute Gasteiger partial charge is 0.507 e. The maximum atomic E-state index is 14.2. The minimum Gasteiger partial charge on any atom is -0.507 e. The summed E-state index contributed by atoms with van der Waals surface area (Å²) in [6.07, 6.45) is 1.55. The molecule has 1 aromatic heterocycles. The lowest BCUT2D eigenvalue weighted by molar-refractivity contribution is -0.184. The third kappa shape index (κ3) is 4.68. The number of hydrogen-bond acceptors (Lipinski definition) is 10. The smallest absolute Gasteiger partial charge is 0.253 e. The first kappa shape index (κ1) is 31.3. The number of fused-ring (bicyclic) bond motifs is 3. The number of carbonyl (C=O) groups is 4. The first-order chi connectivity index (χ1) is 20.5. The van der Waals surface area contributed by atoms with Crippen LogP contribution >= 0.6 is 0 Å². The summed E-state index contributed by atoms with van der Waals surface area (Å²) in [6, 6.07) is 4.04. The number of Topliss-reactive ketones (excluding diaryl/α,β-unsaturated/α-hetero) is 2. The lowest BCUT2D eigenvalue weighted by atomic mass is 9.54. The predicted molar refractivity (Wildman–Crippen MR) is 158 cm³/mol. The van der Waals surface area contributed by atoms with Crippen molar-refractivity contribution in [2.45, 2.75) is 63.3 Å². The highest BCUT2D eigenvalue weighted by Crippen LogP contribution is 2.53. The fourth-order valence-corrected chi connectivity index (χ4v) is 7.25. The molecule has 2 amide bonds. The summed E-state index contributed by atoms with van der Waals surface area (Å²) in [6.45, 7) is 5.62. The zero-order valence-corrected chi connectivity index (χ0v) is 25.3. The van der Waals surface area contributed by atoms with Crippen LogP contribution in [0.5, 0.6) is 5.75 Å². The predicted octanol–water partition coefficient (Wildman–Crippen LogP) is 0.752. The van der Waals surface area contributed by atoms with Crippen LogP contribution in [0.3, 0.4) is 0 Å². The van der Waals surface area contributed by atoms with Crippen molar-refractivity contribution in [2.24, 2.45) is 23.5 Å². The van der Waals surface area contributed by atoms with Crippen LogP contribution in [0, 0.1) is 17.8 Å². The van der Waals surface area contributed by atoms with Crippen LogP contribution in [0.2, 0.25) is 0 Å². The average molecular weight is 607 g/mol. The number of carbonyl (C=O) groups excluding carboxylic acids is 4. The summed E-state index contributed by atoms with van der Waals surface area (Å²) in [5, 5.41) is 49.0. The molecule has 5 rings (SSSR count). The van der Waals surface area contributed by atoms with Crippen molar-refractivity contribution in [2.75, 3.05) is 14.1 Å². The zero-order valence-electron chi connectivity index (χ0n) is 25.3. The standard InChI is InChI=1S/C32H38N4O8/c1-31(2,3)19-11-16(13-35-30(43)14-7-6-8-34-12-14)17-9-15-10-18-23(36(4)5)26(39)22(29(33)42)28(41)32(18,44)27(40)20(15)25(38)21(17)24(19)37/h6-8,11-12,15,18,22-23,26,37-39,44H,9-10,13H2,1-5H3,(H2,33,42)(H,35,43)/t15-,18-,22?,23-,26?,32-/m1/s1. The number of nitrogens with zero attached hydrogens (tertiary/aromatic N) is 2. The fourth-order valence-electron chi connectivity index (χ4n) is 7.25. The number of likely N-dealkylation sites (N-methyl/N-ethyl adjacent to an activating group) is 1. The Morgan fingerprint density at radius 3 is 2.45 bits per heavy atom. The molecule has 3 aliphatic rings. The molecule has 2 saturated carbocycles. The molecule has 3 aliphatic carbocycles. The number of rotatable bonds is 5. The van der Waals surface area contributed by atoms with Crippen LogP contribution in [0.25, 0.3) is 5.76 Å². The molecule has 1 heterocycles. The van der Waals surface area contributed by atoms with E-state index in [1.54, 1.807) is 43.4 Å². The second-order valence-corrected chi connectivity index (χ2v) is 13.2. The van der Waals surface area contributed by atoms with Gasteiger partial charge in [-0.1, -0.05) is 20.8 Å². The Hall–Kier alpha value is -4.13. The fraction of sp³-hybridized carbons (Fsp3) is 0.469. The molecule has 6 atom stereocenters. The van der Waals surface area contributed by atoms with Crippen molar-refractivity contribution in [3.8, 4) is 5.75 Å². The van der Waals surface area contributed by atoms with Gasteiger partial charge in [-0.3, -0.25) is 24.2 Å². The van der Waals surface area contributed by atoms with Crippen LogP contribution in [0.4, 0.5) is 0 Å². The number of ketones is 2. The molecule has 7 N–H and O–H groups in total. The first-order valence-corrected chi connectivity index (χ1v) is 14.5. The number of aromatic nitrogens is 1. The average Bonchev–Trinajstić information content (AvgIpc) is 2.93. The normalized spacial score (nSPS) is 28.3. The number of nitrogens with one attached hydrogen (secondary N) is 1. The topological polar surface area (TPSA) is 203 Å². The molecule has 44 heavy (non-hydrogen) atoms. The number of phenolic OH excluding ortho intramolecular Hbond substituents is 1. The van der Waals surface area contributed by atoms with Gasteiger partial charge in [-0.25, -0.2) is 0 Å². The number of amides is 2. The zero-order chi connectivity index (χ0) is 32.5. The highest BCUT2D eigenvalue weighted by molar-refractivity contribution is 6.25. The van der Waals surface area contributed by atoms with Crippen molar-refractivity contribution in [1.29, 1.82) is 0 Å². The van der Waals surface area contributed by atoms with E-state index in [0.29, 0.717) is 22.3 Å². The van der Waals surface area contributed by atoms with E-state index in [2.05, 4.69) is 10.3 Å². The summed E-state index contributed by atoms with van der Waals surface area (Å²) in [5.41, 5.74) is 3.77. The summed E-state index contributed by atoms with van der Waals surface area (Å²) < 4.78 is 0. The van der Waals surface area contributed by atoms with Gasteiger partial charge in [-0.15, -0.1) is 0 Å². The molecule has 0 aliphatic heterocycles. The quantitative estimate of drug-likeness (QED) is 0.264. The second-order valence-electron chi connectivity index (χ2n) is 13.2. The van der Waals surface area contributed by atoms with Crippen LogP contribution in [0.1, 0.15) is 59.8 Å². The number of phenols is 1. The van der Waals surface area contributed by atoms with E-state index in [0.717, 1.165) is 0 Å². The van der Waals surface area contributed by atoms with Crippen LogP contribution in [-0.2, 0) is 32.8 Å². The van der Waals surface area contributed by atoms with E-state index in [1.165, 1.54) is 6.20 Å². The maximum absolute atomic E-state index is 14.2. The van der Waals surface area contributed by atoms with Crippen molar-refractivity contribution >= 4 is 29.1 Å². The highest BCUT2D eigenvalue weighted by atomic mass is 16.3. The van der Waals surface area contributed by atoms with Crippen LogP contribution < -0.4 is 11.1 Å². The van der Waals surface area contributed by atoms with E-state index in [1.807, 2.05) is 20.8 Å². The maximum Gasteiger partial charge on any atom is 0.253 e. The Kier molecular flexibility index (Phi) is 7.68. The lowest BCUT2D eigenvalue weighted by Crippen LogP contribution is -2.73. The van der Waals surface area contributed by atoms with E-state index in [-0.39, 0.29) is 42.2 Å². The Morgan fingerprint density at radius 1 is 1.20 bits per heavy atom. The molecule has 0 spiro atoms. The first-order valence-electron chi connectivity index (χ1n) is 14.5. The molecule has 12 heteroatoms. The summed E-state index contributed by atoms with van der Waals surface area (Å²) in [7, 11) is 3.20. The van der Waals surface area contributed by atoms with Crippen LogP contribution in [-0.4, -0.2) is 85.5 Å².